The number of aromatic nitrogens is 5. The Bertz CT molecular complexity index is 979. The maximum absolute atomic E-state index is 12.5. The molecule has 1 aliphatic carbocycles. The summed E-state index contributed by atoms with van der Waals surface area (Å²) in [5.41, 5.74) is 2.76. The summed E-state index contributed by atoms with van der Waals surface area (Å²) in [5.74, 6) is 2.49. The van der Waals surface area contributed by atoms with Gasteiger partial charge in [-0.15, -0.1) is 0 Å². The Balaban J connectivity index is 1.70. The van der Waals surface area contributed by atoms with Gasteiger partial charge in [0.1, 0.15) is 11.5 Å². The minimum Gasteiger partial charge on any atom is -0.360 e. The zero-order chi connectivity index (χ0) is 18.3. The molecule has 0 atom stereocenters. The van der Waals surface area contributed by atoms with Crippen molar-refractivity contribution in [1.82, 2.24) is 24.7 Å². The monoisotopic (exact) mass is 356 g/mol. The summed E-state index contributed by atoms with van der Waals surface area (Å²) in [5, 5.41) is 7.33. The van der Waals surface area contributed by atoms with E-state index in [0.717, 1.165) is 17.9 Å². The molecule has 3 heterocycles. The normalized spacial score (nSPS) is 14.5. The lowest BCUT2D eigenvalue weighted by molar-refractivity contribution is 0.375. The van der Waals surface area contributed by atoms with E-state index < -0.39 is 0 Å². The Morgan fingerprint density at radius 1 is 1.42 bits per heavy atom. The largest absolute Gasteiger partial charge is 0.360 e. The summed E-state index contributed by atoms with van der Waals surface area (Å²) < 4.78 is 7.47. The molecule has 3 aromatic rings. The summed E-state index contributed by atoms with van der Waals surface area (Å²) in [6.45, 7) is 7.46. The minimum atomic E-state index is -0.209. The smallest absolute Gasteiger partial charge is 0.278 e. The van der Waals surface area contributed by atoms with Crippen LogP contribution in [0.1, 0.15) is 56.5 Å². The number of nitrogens with zero attached hydrogens (tertiary/aromatic N) is 4. The van der Waals surface area contributed by atoms with Crippen molar-refractivity contribution in [2.75, 3.05) is 11.9 Å². The predicted molar refractivity (Wildman–Crippen MR) is 98.4 cm³/mol. The first-order valence-electron chi connectivity index (χ1n) is 9.23. The Hall–Kier alpha value is -2.64. The molecule has 0 saturated heterocycles. The number of anilines is 1. The highest BCUT2D eigenvalue weighted by atomic mass is 16.5. The molecule has 2 N–H and O–H groups in total. The summed E-state index contributed by atoms with van der Waals surface area (Å²) in [4.78, 5) is 23.9. The molecule has 0 unspecified atom stereocenters. The second-order valence-electron chi connectivity index (χ2n) is 7.33. The van der Waals surface area contributed by atoms with E-state index in [1.807, 2.05) is 6.92 Å². The summed E-state index contributed by atoms with van der Waals surface area (Å²) in [7, 11) is 0. The Labute approximate surface area is 151 Å². The molecule has 0 bridgehead atoms. The first kappa shape index (κ1) is 16.8. The molecule has 0 radical (unpaired) electrons. The zero-order valence-corrected chi connectivity index (χ0v) is 15.4. The van der Waals surface area contributed by atoms with Crippen LogP contribution in [0.2, 0.25) is 0 Å². The second-order valence-corrected chi connectivity index (χ2v) is 7.33. The number of hydrogen-bond donors (Lipinski definition) is 2. The number of fused-ring (bicyclic) bond motifs is 1. The number of rotatable bonds is 7. The molecule has 4 rings (SSSR count). The minimum absolute atomic E-state index is 0.209. The molecule has 1 aliphatic rings. The van der Waals surface area contributed by atoms with Crippen molar-refractivity contribution in [2.45, 2.75) is 52.5 Å². The van der Waals surface area contributed by atoms with Crippen LogP contribution < -0.4 is 10.9 Å². The first-order valence-corrected chi connectivity index (χ1v) is 9.23. The van der Waals surface area contributed by atoms with Gasteiger partial charge in [-0.3, -0.25) is 9.78 Å². The van der Waals surface area contributed by atoms with Gasteiger partial charge < -0.3 is 14.4 Å². The SMILES string of the molecule is CCNc1nc2ncn(Cc3noc(C4CC4)c3CC(C)C)c2c(=O)[nH]1. The standard InChI is InChI=1S/C18H24N6O2/c1-4-19-18-21-16-14(17(25)22-18)24(9-20-16)8-13-12(7-10(2)3)15(26-23-13)11-5-6-11/h9-11H,4-8H2,1-3H3,(H2,19,21,22,25). The molecule has 138 valence electrons. The van der Waals surface area contributed by atoms with Crippen molar-refractivity contribution in [1.29, 1.82) is 0 Å². The molecule has 0 aliphatic heterocycles. The number of nitrogens with one attached hydrogen (secondary N) is 2. The maximum atomic E-state index is 12.5. The van der Waals surface area contributed by atoms with Gasteiger partial charge in [0, 0.05) is 18.0 Å². The van der Waals surface area contributed by atoms with E-state index in [9.17, 15) is 4.79 Å². The van der Waals surface area contributed by atoms with Crippen LogP contribution in [0.5, 0.6) is 0 Å². The Morgan fingerprint density at radius 3 is 2.92 bits per heavy atom. The lowest BCUT2D eigenvalue weighted by atomic mass is 9.99. The Morgan fingerprint density at radius 2 is 2.23 bits per heavy atom. The molecule has 0 aromatic carbocycles. The van der Waals surface area contributed by atoms with Gasteiger partial charge in [0.15, 0.2) is 11.2 Å². The van der Waals surface area contributed by atoms with Crippen molar-refractivity contribution in [3.63, 3.8) is 0 Å². The highest BCUT2D eigenvalue weighted by Gasteiger charge is 2.32. The van der Waals surface area contributed by atoms with Crippen LogP contribution >= 0.6 is 0 Å². The van der Waals surface area contributed by atoms with E-state index in [1.165, 1.54) is 18.4 Å². The second kappa shape index (κ2) is 6.59. The topological polar surface area (TPSA) is 102 Å². The molecular formula is C18H24N6O2. The van der Waals surface area contributed by atoms with Gasteiger partial charge in [-0.05, 0) is 32.1 Å². The van der Waals surface area contributed by atoms with E-state index in [4.69, 9.17) is 4.52 Å². The number of hydrogen-bond acceptors (Lipinski definition) is 6. The van der Waals surface area contributed by atoms with Gasteiger partial charge in [-0.1, -0.05) is 19.0 Å². The van der Waals surface area contributed by atoms with E-state index >= 15 is 0 Å². The van der Waals surface area contributed by atoms with Gasteiger partial charge in [0.2, 0.25) is 5.95 Å². The molecule has 8 heteroatoms. The lowest BCUT2D eigenvalue weighted by Gasteiger charge is -2.08. The molecule has 1 saturated carbocycles. The van der Waals surface area contributed by atoms with Gasteiger partial charge in [0.05, 0.1) is 12.9 Å². The van der Waals surface area contributed by atoms with Crippen LogP contribution in [0.15, 0.2) is 15.6 Å². The van der Waals surface area contributed by atoms with Crippen LogP contribution in [-0.2, 0) is 13.0 Å². The molecular weight excluding hydrogens is 332 g/mol. The molecule has 26 heavy (non-hydrogen) atoms. The van der Waals surface area contributed by atoms with E-state index in [2.05, 4.69) is 39.3 Å². The number of aromatic amines is 1. The third-order valence-electron chi connectivity index (χ3n) is 4.61. The van der Waals surface area contributed by atoms with Gasteiger partial charge in [-0.25, -0.2) is 4.98 Å². The average Bonchev–Trinajstić information content (AvgIpc) is 3.24. The fraction of sp³-hybridized carbons (Fsp3) is 0.556. The van der Waals surface area contributed by atoms with E-state index in [1.54, 1.807) is 10.9 Å². The van der Waals surface area contributed by atoms with Crippen LogP contribution in [0.25, 0.3) is 11.2 Å². The number of H-pyrrole nitrogens is 1. The fourth-order valence-corrected chi connectivity index (χ4v) is 3.29. The van der Waals surface area contributed by atoms with E-state index in [0.29, 0.717) is 42.0 Å². The van der Waals surface area contributed by atoms with Crippen molar-refractivity contribution in [3.05, 3.63) is 33.7 Å². The van der Waals surface area contributed by atoms with Gasteiger partial charge in [-0.2, -0.15) is 4.98 Å². The zero-order valence-electron chi connectivity index (χ0n) is 15.4. The summed E-state index contributed by atoms with van der Waals surface area (Å²) in [6, 6.07) is 0. The van der Waals surface area contributed by atoms with Gasteiger partial charge in [0.25, 0.3) is 5.56 Å². The fourth-order valence-electron chi connectivity index (χ4n) is 3.29. The quantitative estimate of drug-likeness (QED) is 0.675. The van der Waals surface area contributed by atoms with Crippen molar-refractivity contribution >= 4 is 17.1 Å². The van der Waals surface area contributed by atoms with Crippen LogP contribution in [0.4, 0.5) is 5.95 Å². The van der Waals surface area contributed by atoms with Crippen molar-refractivity contribution < 1.29 is 4.52 Å². The maximum Gasteiger partial charge on any atom is 0.278 e. The lowest BCUT2D eigenvalue weighted by Crippen LogP contribution is -2.16. The third kappa shape index (κ3) is 3.11. The molecule has 3 aromatic heterocycles. The van der Waals surface area contributed by atoms with Crippen LogP contribution in [0.3, 0.4) is 0 Å². The van der Waals surface area contributed by atoms with Crippen molar-refractivity contribution in [2.24, 2.45) is 5.92 Å². The molecule has 1 fully saturated rings. The summed E-state index contributed by atoms with van der Waals surface area (Å²) >= 11 is 0. The van der Waals surface area contributed by atoms with E-state index in [-0.39, 0.29) is 5.56 Å². The van der Waals surface area contributed by atoms with Gasteiger partial charge >= 0.3 is 0 Å². The molecule has 8 nitrogen and oxygen atoms in total. The van der Waals surface area contributed by atoms with Crippen LogP contribution in [0, 0.1) is 5.92 Å². The molecule has 0 spiro atoms. The third-order valence-corrected chi connectivity index (χ3v) is 4.61. The summed E-state index contributed by atoms with van der Waals surface area (Å²) in [6.07, 6.45) is 4.92. The highest BCUT2D eigenvalue weighted by molar-refractivity contribution is 5.71. The van der Waals surface area contributed by atoms with Crippen LogP contribution in [-0.4, -0.2) is 31.2 Å². The van der Waals surface area contributed by atoms with Crippen molar-refractivity contribution in [3.8, 4) is 0 Å². The molecule has 0 amide bonds. The number of imidazole rings is 1. The highest BCUT2D eigenvalue weighted by Crippen LogP contribution is 2.43. The Kier molecular flexibility index (Phi) is 4.26. The average molecular weight is 356 g/mol. The first-order chi connectivity index (χ1) is 12.6. The predicted octanol–water partition coefficient (Wildman–Crippen LogP) is 2.66.